The molecule has 0 aromatic heterocycles. The number of ether oxygens (including phenoxy) is 1. The predicted octanol–water partition coefficient (Wildman–Crippen LogP) is 2.38. The highest BCUT2D eigenvalue weighted by Gasteiger charge is 2.24. The predicted molar refractivity (Wildman–Crippen MR) is 69.2 cm³/mol. The molecule has 1 rings (SSSR count). The van der Waals surface area contributed by atoms with Crippen LogP contribution >= 0.6 is 0 Å². The number of hydrogen-bond acceptors (Lipinski definition) is 3. The van der Waals surface area contributed by atoms with Gasteiger partial charge in [0.15, 0.2) is 0 Å². The summed E-state index contributed by atoms with van der Waals surface area (Å²) in [5, 5.41) is 0. The second-order valence-electron chi connectivity index (χ2n) is 4.46. The molecule has 4 nitrogen and oxygen atoms in total. The summed E-state index contributed by atoms with van der Waals surface area (Å²) < 4.78 is 31.5. The van der Waals surface area contributed by atoms with Gasteiger partial charge in [-0.25, -0.2) is 8.78 Å². The summed E-state index contributed by atoms with van der Waals surface area (Å²) in [6.45, 7) is 4.88. The van der Waals surface area contributed by atoms with Gasteiger partial charge < -0.3 is 9.64 Å². The van der Waals surface area contributed by atoms with Crippen LogP contribution in [-0.2, 0) is 9.53 Å². The monoisotopic (exact) mass is 285 g/mol. The van der Waals surface area contributed by atoms with Crippen molar-refractivity contribution < 1.29 is 23.1 Å². The normalized spacial score (nSPS) is 10.5. The number of benzene rings is 1. The fourth-order valence-corrected chi connectivity index (χ4v) is 1.65. The molecule has 0 spiro atoms. The van der Waals surface area contributed by atoms with Crippen molar-refractivity contribution in [3.63, 3.8) is 0 Å². The van der Waals surface area contributed by atoms with Gasteiger partial charge in [0, 0.05) is 6.04 Å². The minimum Gasteiger partial charge on any atom is -0.465 e. The average Bonchev–Trinajstić information content (AvgIpc) is 2.38. The van der Waals surface area contributed by atoms with Crippen molar-refractivity contribution in [1.29, 1.82) is 0 Å². The van der Waals surface area contributed by atoms with E-state index < -0.39 is 29.1 Å². The highest BCUT2D eigenvalue weighted by molar-refractivity contribution is 5.96. The number of amides is 1. The highest BCUT2D eigenvalue weighted by atomic mass is 19.1. The summed E-state index contributed by atoms with van der Waals surface area (Å²) >= 11 is 0. The van der Waals surface area contributed by atoms with Gasteiger partial charge >= 0.3 is 5.97 Å². The van der Waals surface area contributed by atoms with E-state index in [2.05, 4.69) is 0 Å². The van der Waals surface area contributed by atoms with E-state index in [0.29, 0.717) is 0 Å². The van der Waals surface area contributed by atoms with Gasteiger partial charge in [0.25, 0.3) is 5.91 Å². The van der Waals surface area contributed by atoms with Crippen molar-refractivity contribution >= 4 is 11.9 Å². The summed E-state index contributed by atoms with van der Waals surface area (Å²) in [4.78, 5) is 24.8. The van der Waals surface area contributed by atoms with Crippen molar-refractivity contribution in [3.05, 3.63) is 35.4 Å². The van der Waals surface area contributed by atoms with Crippen LogP contribution < -0.4 is 0 Å². The van der Waals surface area contributed by atoms with Crippen LogP contribution in [0.1, 0.15) is 31.1 Å². The van der Waals surface area contributed by atoms with Crippen LogP contribution in [0.3, 0.4) is 0 Å². The minimum atomic E-state index is -0.828. The summed E-state index contributed by atoms with van der Waals surface area (Å²) in [6.07, 6.45) is 0. The third-order valence-electron chi connectivity index (χ3n) is 2.65. The molecule has 6 heteroatoms. The van der Waals surface area contributed by atoms with Gasteiger partial charge in [0.05, 0.1) is 12.2 Å². The smallest absolute Gasteiger partial charge is 0.325 e. The Morgan fingerprint density at radius 2 is 1.95 bits per heavy atom. The standard InChI is InChI=1S/C14H17F2NO3/c1-4-20-13(18)8-17(9(2)3)14(19)11-7-10(15)5-6-12(11)16/h5-7,9H,4,8H2,1-3H3. The topological polar surface area (TPSA) is 46.6 Å². The van der Waals surface area contributed by atoms with E-state index in [0.717, 1.165) is 23.1 Å². The van der Waals surface area contributed by atoms with Gasteiger partial charge in [-0.3, -0.25) is 9.59 Å². The summed E-state index contributed by atoms with van der Waals surface area (Å²) in [5.41, 5.74) is -0.400. The van der Waals surface area contributed by atoms with Crippen molar-refractivity contribution in [1.82, 2.24) is 4.90 Å². The molecular formula is C14H17F2NO3. The molecule has 0 unspecified atom stereocenters. The molecule has 0 heterocycles. The molecule has 1 aromatic carbocycles. The summed E-state index contributed by atoms with van der Waals surface area (Å²) in [6, 6.07) is 2.27. The average molecular weight is 285 g/mol. The lowest BCUT2D eigenvalue weighted by Crippen LogP contribution is -2.41. The van der Waals surface area contributed by atoms with E-state index in [1.54, 1.807) is 20.8 Å². The molecule has 1 aromatic rings. The van der Waals surface area contributed by atoms with E-state index in [9.17, 15) is 18.4 Å². The zero-order valence-corrected chi connectivity index (χ0v) is 11.7. The van der Waals surface area contributed by atoms with Gasteiger partial charge in [-0.15, -0.1) is 0 Å². The van der Waals surface area contributed by atoms with Crippen LogP contribution in [0.4, 0.5) is 8.78 Å². The van der Waals surface area contributed by atoms with Crippen LogP contribution in [-0.4, -0.2) is 36.0 Å². The second-order valence-corrected chi connectivity index (χ2v) is 4.46. The summed E-state index contributed by atoms with van der Waals surface area (Å²) in [7, 11) is 0. The first-order valence-electron chi connectivity index (χ1n) is 6.28. The second kappa shape index (κ2) is 6.98. The number of carbonyl (C=O) groups is 2. The largest absolute Gasteiger partial charge is 0.465 e. The van der Waals surface area contributed by atoms with Crippen LogP contribution in [0.15, 0.2) is 18.2 Å². The molecule has 110 valence electrons. The quantitative estimate of drug-likeness (QED) is 0.780. The fourth-order valence-electron chi connectivity index (χ4n) is 1.65. The van der Waals surface area contributed by atoms with Crippen molar-refractivity contribution in [3.8, 4) is 0 Å². The maximum atomic E-state index is 13.6. The Morgan fingerprint density at radius 3 is 2.50 bits per heavy atom. The van der Waals surface area contributed by atoms with Crippen molar-refractivity contribution in [2.24, 2.45) is 0 Å². The summed E-state index contributed by atoms with van der Waals surface area (Å²) in [5.74, 6) is -2.88. The van der Waals surface area contributed by atoms with Gasteiger partial charge in [-0.05, 0) is 39.0 Å². The number of esters is 1. The van der Waals surface area contributed by atoms with E-state index >= 15 is 0 Å². The van der Waals surface area contributed by atoms with E-state index in [4.69, 9.17) is 4.74 Å². The highest BCUT2D eigenvalue weighted by Crippen LogP contribution is 2.14. The van der Waals surface area contributed by atoms with Crippen LogP contribution in [0, 0.1) is 11.6 Å². The molecule has 0 N–H and O–H groups in total. The molecule has 0 saturated heterocycles. The Hall–Kier alpha value is -1.98. The third-order valence-corrected chi connectivity index (χ3v) is 2.65. The first-order valence-corrected chi connectivity index (χ1v) is 6.28. The Labute approximate surface area is 116 Å². The lowest BCUT2D eigenvalue weighted by molar-refractivity contribution is -0.144. The Bertz CT molecular complexity index is 503. The zero-order chi connectivity index (χ0) is 15.3. The molecule has 0 bridgehead atoms. The number of carbonyl (C=O) groups excluding carboxylic acids is 2. The first-order chi connectivity index (χ1) is 9.36. The van der Waals surface area contributed by atoms with E-state index in [1.165, 1.54) is 0 Å². The molecule has 0 radical (unpaired) electrons. The molecular weight excluding hydrogens is 268 g/mol. The molecule has 0 aliphatic heterocycles. The lowest BCUT2D eigenvalue weighted by Gasteiger charge is -2.25. The van der Waals surface area contributed by atoms with Crippen LogP contribution in [0.5, 0.6) is 0 Å². The van der Waals surface area contributed by atoms with Crippen molar-refractivity contribution in [2.75, 3.05) is 13.2 Å². The Balaban J connectivity index is 2.99. The fraction of sp³-hybridized carbons (Fsp3) is 0.429. The lowest BCUT2D eigenvalue weighted by atomic mass is 10.1. The van der Waals surface area contributed by atoms with Gasteiger partial charge in [0.2, 0.25) is 0 Å². The van der Waals surface area contributed by atoms with Gasteiger partial charge in [-0.1, -0.05) is 0 Å². The molecule has 0 atom stereocenters. The van der Waals surface area contributed by atoms with Crippen LogP contribution in [0.2, 0.25) is 0 Å². The van der Waals surface area contributed by atoms with Crippen molar-refractivity contribution in [2.45, 2.75) is 26.8 Å². The van der Waals surface area contributed by atoms with E-state index in [-0.39, 0.29) is 19.2 Å². The van der Waals surface area contributed by atoms with Crippen LogP contribution in [0.25, 0.3) is 0 Å². The molecule has 0 aliphatic carbocycles. The zero-order valence-electron chi connectivity index (χ0n) is 11.7. The minimum absolute atomic E-state index is 0.188. The molecule has 0 aliphatic rings. The number of rotatable bonds is 5. The Morgan fingerprint density at radius 1 is 1.30 bits per heavy atom. The number of halogens is 2. The molecule has 20 heavy (non-hydrogen) atoms. The van der Waals surface area contributed by atoms with Gasteiger partial charge in [-0.2, -0.15) is 0 Å². The van der Waals surface area contributed by atoms with E-state index in [1.807, 2.05) is 0 Å². The number of nitrogens with zero attached hydrogens (tertiary/aromatic N) is 1. The number of hydrogen-bond donors (Lipinski definition) is 0. The first kappa shape index (κ1) is 16.1. The van der Waals surface area contributed by atoms with Gasteiger partial charge in [0.1, 0.15) is 18.2 Å². The third kappa shape index (κ3) is 4.01. The molecule has 1 amide bonds. The maximum Gasteiger partial charge on any atom is 0.325 e. The SMILES string of the molecule is CCOC(=O)CN(C(=O)c1cc(F)ccc1F)C(C)C. The Kier molecular flexibility index (Phi) is 5.61. The molecule has 0 fully saturated rings. The molecule has 0 saturated carbocycles. The maximum absolute atomic E-state index is 13.6.